The standard InChI is InChI=1S/C17H17NO3/c1-12(19)16-7-6-15(20-2)9-17(16)21-11-14-5-3-4-13(8-14)10-18/h3-9,12,19H,11H2,1-2H3. The second-order valence-corrected chi connectivity index (χ2v) is 4.68. The molecule has 0 bridgehead atoms. The number of rotatable bonds is 5. The van der Waals surface area contributed by atoms with Crippen molar-refractivity contribution in [1.82, 2.24) is 0 Å². The van der Waals surface area contributed by atoms with Crippen molar-refractivity contribution < 1.29 is 14.6 Å². The summed E-state index contributed by atoms with van der Waals surface area (Å²) in [6.07, 6.45) is -0.628. The highest BCUT2D eigenvalue weighted by Gasteiger charge is 2.11. The summed E-state index contributed by atoms with van der Waals surface area (Å²) in [7, 11) is 1.58. The van der Waals surface area contributed by atoms with Gasteiger partial charge in [0, 0.05) is 11.6 Å². The third-order valence-corrected chi connectivity index (χ3v) is 3.12. The second-order valence-electron chi connectivity index (χ2n) is 4.68. The molecule has 1 unspecified atom stereocenters. The summed E-state index contributed by atoms with van der Waals surface area (Å²) in [5.74, 6) is 1.24. The molecule has 2 aromatic carbocycles. The Morgan fingerprint density at radius 1 is 1.24 bits per heavy atom. The molecule has 21 heavy (non-hydrogen) atoms. The molecule has 4 nitrogen and oxygen atoms in total. The zero-order chi connectivity index (χ0) is 15.2. The molecule has 0 aliphatic carbocycles. The largest absolute Gasteiger partial charge is 0.497 e. The van der Waals surface area contributed by atoms with Gasteiger partial charge in [-0.3, -0.25) is 0 Å². The van der Waals surface area contributed by atoms with E-state index >= 15 is 0 Å². The van der Waals surface area contributed by atoms with E-state index in [9.17, 15) is 5.11 Å². The molecular weight excluding hydrogens is 266 g/mol. The summed E-state index contributed by atoms with van der Waals surface area (Å²) >= 11 is 0. The van der Waals surface area contributed by atoms with E-state index in [1.165, 1.54) is 0 Å². The maximum Gasteiger partial charge on any atom is 0.129 e. The highest BCUT2D eigenvalue weighted by Crippen LogP contribution is 2.30. The van der Waals surface area contributed by atoms with E-state index in [0.29, 0.717) is 29.2 Å². The van der Waals surface area contributed by atoms with Gasteiger partial charge in [-0.1, -0.05) is 12.1 Å². The number of aliphatic hydroxyl groups is 1. The number of benzene rings is 2. The third kappa shape index (κ3) is 3.74. The van der Waals surface area contributed by atoms with E-state index in [0.717, 1.165) is 5.56 Å². The molecule has 4 heteroatoms. The van der Waals surface area contributed by atoms with Crippen LogP contribution >= 0.6 is 0 Å². The van der Waals surface area contributed by atoms with E-state index in [2.05, 4.69) is 6.07 Å². The molecule has 0 aliphatic heterocycles. The van der Waals surface area contributed by atoms with Gasteiger partial charge in [0.25, 0.3) is 0 Å². The molecule has 0 radical (unpaired) electrons. The van der Waals surface area contributed by atoms with Crippen LogP contribution < -0.4 is 9.47 Å². The highest BCUT2D eigenvalue weighted by atomic mass is 16.5. The molecule has 2 aromatic rings. The lowest BCUT2D eigenvalue weighted by molar-refractivity contribution is 0.190. The minimum atomic E-state index is -0.628. The Hall–Kier alpha value is -2.51. The van der Waals surface area contributed by atoms with Gasteiger partial charge < -0.3 is 14.6 Å². The molecule has 0 aliphatic rings. The highest BCUT2D eigenvalue weighted by molar-refractivity contribution is 5.42. The predicted molar refractivity (Wildman–Crippen MR) is 79.1 cm³/mol. The predicted octanol–water partition coefficient (Wildman–Crippen LogP) is 3.20. The topological polar surface area (TPSA) is 62.5 Å². The number of nitriles is 1. The Bertz CT molecular complexity index is 659. The molecule has 0 saturated carbocycles. The number of aliphatic hydroxyl groups excluding tert-OH is 1. The molecule has 108 valence electrons. The lowest BCUT2D eigenvalue weighted by atomic mass is 10.1. The fourth-order valence-electron chi connectivity index (χ4n) is 2.00. The van der Waals surface area contributed by atoms with Gasteiger partial charge in [-0.2, -0.15) is 5.26 Å². The Kier molecular flexibility index (Phi) is 4.81. The smallest absolute Gasteiger partial charge is 0.129 e. The van der Waals surface area contributed by atoms with Crippen LogP contribution in [0.4, 0.5) is 0 Å². The van der Waals surface area contributed by atoms with Crippen LogP contribution in [0.15, 0.2) is 42.5 Å². The first-order valence-corrected chi connectivity index (χ1v) is 6.62. The monoisotopic (exact) mass is 283 g/mol. The summed E-state index contributed by atoms with van der Waals surface area (Å²) in [6, 6.07) is 14.6. The van der Waals surface area contributed by atoms with Crippen LogP contribution in [-0.2, 0) is 6.61 Å². The van der Waals surface area contributed by atoms with Crippen molar-refractivity contribution in [3.63, 3.8) is 0 Å². The van der Waals surface area contributed by atoms with Gasteiger partial charge in [0.05, 0.1) is 24.8 Å². The van der Waals surface area contributed by atoms with Crippen molar-refractivity contribution in [2.24, 2.45) is 0 Å². The van der Waals surface area contributed by atoms with Gasteiger partial charge >= 0.3 is 0 Å². The molecular formula is C17H17NO3. The van der Waals surface area contributed by atoms with Gasteiger partial charge in [-0.15, -0.1) is 0 Å². The number of ether oxygens (including phenoxy) is 2. The van der Waals surface area contributed by atoms with Crippen LogP contribution in [0.25, 0.3) is 0 Å². The fourth-order valence-corrected chi connectivity index (χ4v) is 2.00. The molecule has 1 N–H and O–H groups in total. The first kappa shape index (κ1) is 14.9. The van der Waals surface area contributed by atoms with Crippen LogP contribution in [0.5, 0.6) is 11.5 Å². The van der Waals surface area contributed by atoms with Crippen LogP contribution in [0.2, 0.25) is 0 Å². The van der Waals surface area contributed by atoms with Crippen molar-refractivity contribution in [2.45, 2.75) is 19.6 Å². The van der Waals surface area contributed by atoms with Crippen LogP contribution in [-0.4, -0.2) is 12.2 Å². The zero-order valence-electron chi connectivity index (χ0n) is 12.0. The molecule has 0 aromatic heterocycles. The lowest BCUT2D eigenvalue weighted by Crippen LogP contribution is -2.01. The van der Waals surface area contributed by atoms with Gasteiger partial charge in [0.1, 0.15) is 18.1 Å². The summed E-state index contributed by atoms with van der Waals surface area (Å²) in [6.45, 7) is 2.01. The molecule has 0 saturated heterocycles. The van der Waals surface area contributed by atoms with Crippen molar-refractivity contribution in [2.75, 3.05) is 7.11 Å². The van der Waals surface area contributed by atoms with E-state index < -0.39 is 6.10 Å². The maximum atomic E-state index is 9.78. The van der Waals surface area contributed by atoms with Gasteiger partial charge in [-0.05, 0) is 36.8 Å². The van der Waals surface area contributed by atoms with Crippen LogP contribution in [0, 0.1) is 11.3 Å². The first-order valence-electron chi connectivity index (χ1n) is 6.62. The van der Waals surface area contributed by atoms with E-state index in [1.807, 2.05) is 12.1 Å². The fraction of sp³-hybridized carbons (Fsp3) is 0.235. The van der Waals surface area contributed by atoms with Crippen LogP contribution in [0.1, 0.15) is 29.7 Å². The molecule has 1 atom stereocenters. The van der Waals surface area contributed by atoms with Gasteiger partial charge in [0.2, 0.25) is 0 Å². The Morgan fingerprint density at radius 3 is 2.71 bits per heavy atom. The maximum absolute atomic E-state index is 9.78. The van der Waals surface area contributed by atoms with Gasteiger partial charge in [-0.25, -0.2) is 0 Å². The average molecular weight is 283 g/mol. The van der Waals surface area contributed by atoms with Crippen molar-refractivity contribution in [3.8, 4) is 17.6 Å². The minimum Gasteiger partial charge on any atom is -0.497 e. The first-order chi connectivity index (χ1) is 10.1. The number of methoxy groups -OCH3 is 1. The van der Waals surface area contributed by atoms with E-state index in [1.54, 1.807) is 44.4 Å². The molecule has 0 spiro atoms. The molecule has 0 amide bonds. The zero-order valence-corrected chi connectivity index (χ0v) is 12.0. The van der Waals surface area contributed by atoms with Crippen molar-refractivity contribution in [3.05, 3.63) is 59.2 Å². The molecule has 0 fully saturated rings. The third-order valence-electron chi connectivity index (χ3n) is 3.12. The second kappa shape index (κ2) is 6.78. The van der Waals surface area contributed by atoms with Crippen molar-refractivity contribution >= 4 is 0 Å². The molecule has 0 heterocycles. The Morgan fingerprint density at radius 2 is 2.05 bits per heavy atom. The number of hydrogen-bond acceptors (Lipinski definition) is 4. The molecule has 2 rings (SSSR count). The SMILES string of the molecule is COc1ccc(C(C)O)c(OCc2cccc(C#N)c2)c1. The summed E-state index contributed by atoms with van der Waals surface area (Å²) in [5, 5.41) is 18.7. The quantitative estimate of drug-likeness (QED) is 0.915. The van der Waals surface area contributed by atoms with E-state index in [-0.39, 0.29) is 0 Å². The summed E-state index contributed by atoms with van der Waals surface area (Å²) in [5.41, 5.74) is 2.19. The lowest BCUT2D eigenvalue weighted by Gasteiger charge is -2.15. The van der Waals surface area contributed by atoms with Crippen LogP contribution in [0.3, 0.4) is 0 Å². The summed E-state index contributed by atoms with van der Waals surface area (Å²) < 4.78 is 11.0. The number of nitrogens with zero attached hydrogens (tertiary/aromatic N) is 1. The normalized spacial score (nSPS) is 11.5. The average Bonchev–Trinajstić information content (AvgIpc) is 2.52. The van der Waals surface area contributed by atoms with E-state index in [4.69, 9.17) is 14.7 Å². The Labute approximate surface area is 124 Å². The Balaban J connectivity index is 2.20. The van der Waals surface area contributed by atoms with Gasteiger partial charge in [0.15, 0.2) is 0 Å². The number of hydrogen-bond donors (Lipinski definition) is 1. The summed E-state index contributed by atoms with van der Waals surface area (Å²) in [4.78, 5) is 0. The minimum absolute atomic E-state index is 0.322. The van der Waals surface area contributed by atoms with Crippen molar-refractivity contribution in [1.29, 1.82) is 5.26 Å².